The number of hydrogen-bond acceptors (Lipinski definition) is 4. The van der Waals surface area contributed by atoms with E-state index in [1.165, 1.54) is 12.1 Å². The Labute approximate surface area is 208 Å². The second-order valence-corrected chi connectivity index (χ2v) is 8.83. The molecule has 0 saturated heterocycles. The number of ether oxygens (including phenoxy) is 1. The predicted molar refractivity (Wildman–Crippen MR) is 137 cm³/mol. The fourth-order valence-corrected chi connectivity index (χ4v) is 4.54. The van der Waals surface area contributed by atoms with E-state index in [1.54, 1.807) is 7.05 Å². The summed E-state index contributed by atoms with van der Waals surface area (Å²) in [5, 5.41) is 9.28. The lowest BCUT2D eigenvalue weighted by Gasteiger charge is -2.08. The standard InChI is InChI=1S/C28H27FN4O3/c1-30-14-25(34)32-21-8-4-18(5-9-21)16-36-15-17-2-6-19(7-3-17)27-22-10-11-31-28(35)23-12-20(29)13-24(33-27)26(22)23/h2-9,12-13,30,33H,10-11,14-16H2,1H3,(H,31,35)(H,32,34). The van der Waals surface area contributed by atoms with Crippen molar-refractivity contribution < 1.29 is 18.7 Å². The van der Waals surface area contributed by atoms with Crippen molar-refractivity contribution >= 4 is 28.4 Å². The molecule has 0 unspecified atom stereocenters. The van der Waals surface area contributed by atoms with E-state index in [4.69, 9.17) is 4.74 Å². The van der Waals surface area contributed by atoms with Crippen LogP contribution >= 0.6 is 0 Å². The molecule has 8 heteroatoms. The summed E-state index contributed by atoms with van der Waals surface area (Å²) in [5.41, 5.74) is 6.69. The van der Waals surface area contributed by atoms with Gasteiger partial charge < -0.3 is 25.7 Å². The molecule has 5 rings (SSSR count). The molecule has 2 heterocycles. The lowest BCUT2D eigenvalue weighted by atomic mass is 10.00. The van der Waals surface area contributed by atoms with Crippen molar-refractivity contribution in [3.8, 4) is 11.3 Å². The number of nitrogens with one attached hydrogen (secondary N) is 4. The number of amides is 2. The van der Waals surface area contributed by atoms with E-state index >= 15 is 0 Å². The van der Waals surface area contributed by atoms with E-state index in [9.17, 15) is 14.0 Å². The van der Waals surface area contributed by atoms with Gasteiger partial charge in [0.15, 0.2) is 0 Å². The SMILES string of the molecule is CNCC(=O)Nc1ccc(COCc2ccc(-c3[nH]c4cc(F)cc5c4c3CCNC5=O)cc2)cc1. The number of hydrogen-bond donors (Lipinski definition) is 4. The highest BCUT2D eigenvalue weighted by Gasteiger charge is 2.23. The fourth-order valence-electron chi connectivity index (χ4n) is 4.54. The van der Waals surface area contributed by atoms with Crippen LogP contribution in [-0.2, 0) is 29.2 Å². The molecule has 4 N–H and O–H groups in total. The maximum atomic E-state index is 14.1. The number of halogens is 1. The van der Waals surface area contributed by atoms with E-state index in [0.29, 0.717) is 37.3 Å². The van der Waals surface area contributed by atoms with Crippen molar-refractivity contribution in [3.05, 3.63) is 88.7 Å². The van der Waals surface area contributed by atoms with Gasteiger partial charge in [-0.1, -0.05) is 36.4 Å². The number of carbonyl (C=O) groups is 2. The smallest absolute Gasteiger partial charge is 0.252 e. The van der Waals surface area contributed by atoms with Crippen molar-refractivity contribution in [1.82, 2.24) is 15.6 Å². The first-order valence-corrected chi connectivity index (χ1v) is 11.8. The second-order valence-electron chi connectivity index (χ2n) is 8.83. The molecule has 3 aromatic carbocycles. The van der Waals surface area contributed by atoms with Gasteiger partial charge >= 0.3 is 0 Å². The third-order valence-corrected chi connectivity index (χ3v) is 6.23. The molecule has 36 heavy (non-hydrogen) atoms. The third kappa shape index (κ3) is 5.00. The monoisotopic (exact) mass is 486 g/mol. The number of H-pyrrole nitrogens is 1. The summed E-state index contributed by atoms with van der Waals surface area (Å²) in [4.78, 5) is 27.4. The number of aromatic amines is 1. The van der Waals surface area contributed by atoms with Gasteiger partial charge in [0.1, 0.15) is 5.82 Å². The van der Waals surface area contributed by atoms with Crippen molar-refractivity contribution in [1.29, 1.82) is 0 Å². The highest BCUT2D eigenvalue weighted by Crippen LogP contribution is 2.34. The van der Waals surface area contributed by atoms with Crippen LogP contribution in [-0.4, -0.2) is 36.9 Å². The van der Waals surface area contributed by atoms with Crippen LogP contribution in [0.4, 0.5) is 10.1 Å². The minimum atomic E-state index is -0.436. The van der Waals surface area contributed by atoms with E-state index < -0.39 is 5.82 Å². The molecular formula is C28H27FN4O3. The average Bonchev–Trinajstić information content (AvgIpc) is 3.14. The Morgan fingerprint density at radius 2 is 1.72 bits per heavy atom. The van der Waals surface area contributed by atoms with Gasteiger partial charge in [-0.3, -0.25) is 9.59 Å². The Hall–Kier alpha value is -4.01. The van der Waals surface area contributed by atoms with E-state index in [1.807, 2.05) is 48.5 Å². The van der Waals surface area contributed by atoms with Gasteiger partial charge in [-0.25, -0.2) is 4.39 Å². The molecule has 1 aliphatic heterocycles. The molecule has 0 bridgehead atoms. The maximum absolute atomic E-state index is 14.1. The molecule has 184 valence electrons. The molecule has 4 aromatic rings. The molecule has 0 fully saturated rings. The molecule has 1 aliphatic rings. The van der Waals surface area contributed by atoms with Gasteiger partial charge in [-0.15, -0.1) is 0 Å². The van der Waals surface area contributed by atoms with Crippen molar-refractivity contribution in [2.75, 3.05) is 25.5 Å². The van der Waals surface area contributed by atoms with Crippen LogP contribution in [0.1, 0.15) is 27.0 Å². The van der Waals surface area contributed by atoms with Gasteiger partial charge in [0.25, 0.3) is 5.91 Å². The molecule has 0 aliphatic carbocycles. The van der Waals surface area contributed by atoms with Crippen LogP contribution in [0.3, 0.4) is 0 Å². The zero-order chi connectivity index (χ0) is 25.1. The lowest BCUT2D eigenvalue weighted by molar-refractivity contribution is -0.115. The molecule has 7 nitrogen and oxygen atoms in total. The number of benzene rings is 3. The van der Waals surface area contributed by atoms with Gasteiger partial charge in [-0.2, -0.15) is 0 Å². The Balaban J connectivity index is 1.25. The maximum Gasteiger partial charge on any atom is 0.252 e. The lowest BCUT2D eigenvalue weighted by Crippen LogP contribution is -2.24. The van der Waals surface area contributed by atoms with Crippen LogP contribution in [0.25, 0.3) is 22.2 Å². The molecule has 0 radical (unpaired) electrons. The third-order valence-electron chi connectivity index (χ3n) is 6.23. The van der Waals surface area contributed by atoms with Gasteiger partial charge in [-0.05, 0) is 60.0 Å². The quantitative estimate of drug-likeness (QED) is 0.301. The second kappa shape index (κ2) is 10.3. The van der Waals surface area contributed by atoms with Crippen LogP contribution in [0.15, 0.2) is 60.7 Å². The zero-order valence-corrected chi connectivity index (χ0v) is 19.9. The van der Waals surface area contributed by atoms with Gasteiger partial charge in [0.2, 0.25) is 5.91 Å². The number of aromatic nitrogens is 1. The highest BCUT2D eigenvalue weighted by molar-refractivity contribution is 6.10. The predicted octanol–water partition coefficient (Wildman–Crippen LogP) is 4.13. The molecule has 0 saturated carbocycles. The van der Waals surface area contributed by atoms with Crippen LogP contribution < -0.4 is 16.0 Å². The van der Waals surface area contributed by atoms with E-state index in [2.05, 4.69) is 20.9 Å². The summed E-state index contributed by atoms with van der Waals surface area (Å²) in [6.45, 7) is 1.67. The van der Waals surface area contributed by atoms with E-state index in [-0.39, 0.29) is 18.4 Å². The fraction of sp³-hybridized carbons (Fsp3) is 0.214. The Morgan fingerprint density at radius 3 is 2.42 bits per heavy atom. The van der Waals surface area contributed by atoms with Crippen LogP contribution in [0.2, 0.25) is 0 Å². The highest BCUT2D eigenvalue weighted by atomic mass is 19.1. The number of rotatable bonds is 8. The first-order valence-electron chi connectivity index (χ1n) is 11.8. The first kappa shape index (κ1) is 23.7. The minimum absolute atomic E-state index is 0.0880. The topological polar surface area (TPSA) is 95.2 Å². The van der Waals surface area contributed by atoms with Crippen molar-refractivity contribution in [3.63, 3.8) is 0 Å². The summed E-state index contributed by atoms with van der Waals surface area (Å²) in [6.07, 6.45) is 0.669. The van der Waals surface area contributed by atoms with Crippen LogP contribution in [0, 0.1) is 5.82 Å². The number of carbonyl (C=O) groups excluding carboxylic acids is 2. The molecular weight excluding hydrogens is 459 g/mol. The normalized spacial score (nSPS) is 12.9. The zero-order valence-electron chi connectivity index (χ0n) is 19.9. The Bertz CT molecular complexity index is 1410. The van der Waals surface area contributed by atoms with Crippen molar-refractivity contribution in [2.24, 2.45) is 0 Å². The minimum Gasteiger partial charge on any atom is -0.372 e. The van der Waals surface area contributed by atoms with E-state index in [0.717, 1.165) is 39.0 Å². The number of likely N-dealkylation sites (N-methyl/N-ethyl adjacent to an activating group) is 1. The van der Waals surface area contributed by atoms with Gasteiger partial charge in [0.05, 0.1) is 25.3 Å². The summed E-state index contributed by atoms with van der Waals surface area (Å²) < 4.78 is 20.0. The number of anilines is 1. The van der Waals surface area contributed by atoms with Crippen LogP contribution in [0.5, 0.6) is 0 Å². The Kier molecular flexibility index (Phi) is 6.79. The largest absolute Gasteiger partial charge is 0.372 e. The first-order chi connectivity index (χ1) is 17.5. The summed E-state index contributed by atoms with van der Waals surface area (Å²) >= 11 is 0. The summed E-state index contributed by atoms with van der Waals surface area (Å²) in [5.74, 6) is -0.769. The summed E-state index contributed by atoms with van der Waals surface area (Å²) in [6, 6.07) is 18.4. The van der Waals surface area contributed by atoms with Crippen molar-refractivity contribution in [2.45, 2.75) is 19.6 Å². The Morgan fingerprint density at radius 1 is 1.03 bits per heavy atom. The molecule has 0 spiro atoms. The molecule has 0 atom stereocenters. The van der Waals surface area contributed by atoms with Gasteiger partial charge in [0, 0.05) is 28.8 Å². The molecule has 1 aromatic heterocycles. The summed E-state index contributed by atoms with van der Waals surface area (Å²) in [7, 11) is 1.73. The average molecular weight is 487 g/mol. The molecule has 2 amide bonds.